The van der Waals surface area contributed by atoms with Crippen molar-refractivity contribution in [1.29, 1.82) is 0 Å². The molecule has 0 saturated carbocycles. The minimum Gasteiger partial charge on any atom is -0.367 e. The first-order valence-corrected chi connectivity index (χ1v) is 10.9. The molecule has 1 aliphatic rings. The maximum absolute atomic E-state index is 12.7. The topological polar surface area (TPSA) is 79.4 Å². The number of carbonyl (C=O) groups is 1. The van der Waals surface area contributed by atoms with Gasteiger partial charge in [-0.2, -0.15) is 0 Å². The number of carbonyl (C=O) groups excluding carboxylic acids is 1. The Balaban J connectivity index is 1.82. The van der Waals surface area contributed by atoms with Crippen molar-refractivity contribution >= 4 is 27.1 Å². The summed E-state index contributed by atoms with van der Waals surface area (Å²) in [4.78, 5) is 18.9. The van der Waals surface area contributed by atoms with Crippen LogP contribution in [0.5, 0.6) is 0 Å². The summed E-state index contributed by atoms with van der Waals surface area (Å²) in [6.45, 7) is 6.61. The van der Waals surface area contributed by atoms with Crippen molar-refractivity contribution in [1.82, 2.24) is 4.98 Å². The van der Waals surface area contributed by atoms with Crippen molar-refractivity contribution < 1.29 is 13.2 Å². The van der Waals surface area contributed by atoms with Crippen LogP contribution in [-0.4, -0.2) is 43.4 Å². The van der Waals surface area contributed by atoms with E-state index in [0.717, 1.165) is 22.5 Å². The number of rotatable bonds is 5. The Bertz CT molecular complexity index is 957. The number of hydrogen-bond donors (Lipinski definition) is 1. The molecule has 1 fully saturated rings. The third-order valence-corrected chi connectivity index (χ3v) is 6.91. The maximum atomic E-state index is 12.7. The quantitative estimate of drug-likeness (QED) is 0.853. The molecular formula is C20H25N3O3S. The molecule has 3 rings (SSSR count). The van der Waals surface area contributed by atoms with Crippen LogP contribution in [0.1, 0.15) is 34.8 Å². The van der Waals surface area contributed by atoms with Crippen molar-refractivity contribution in [3.05, 3.63) is 53.3 Å². The maximum Gasteiger partial charge on any atom is 0.257 e. The third kappa shape index (κ3) is 4.30. The van der Waals surface area contributed by atoms with Crippen molar-refractivity contribution in [3.8, 4) is 0 Å². The summed E-state index contributed by atoms with van der Waals surface area (Å²) in [5.74, 6) is 0.141. The molecule has 27 heavy (non-hydrogen) atoms. The number of benzene rings is 1. The van der Waals surface area contributed by atoms with Crippen LogP contribution in [0, 0.1) is 13.8 Å². The van der Waals surface area contributed by atoms with E-state index in [0.29, 0.717) is 18.5 Å². The Hall–Kier alpha value is -2.41. The molecule has 1 aromatic heterocycles. The number of aryl methyl sites for hydroxylation is 1. The predicted molar refractivity (Wildman–Crippen MR) is 108 cm³/mol. The lowest BCUT2D eigenvalue weighted by molar-refractivity contribution is 0.102. The Morgan fingerprint density at radius 2 is 2.07 bits per heavy atom. The van der Waals surface area contributed by atoms with Crippen LogP contribution in [0.25, 0.3) is 0 Å². The van der Waals surface area contributed by atoms with E-state index in [1.807, 2.05) is 43.9 Å². The fourth-order valence-electron chi connectivity index (χ4n) is 3.46. The summed E-state index contributed by atoms with van der Waals surface area (Å²) < 4.78 is 23.6. The molecule has 2 aromatic rings. The zero-order chi connectivity index (χ0) is 19.6. The highest BCUT2D eigenvalue weighted by molar-refractivity contribution is 7.91. The van der Waals surface area contributed by atoms with E-state index in [4.69, 9.17) is 0 Å². The second-order valence-electron chi connectivity index (χ2n) is 6.98. The van der Waals surface area contributed by atoms with Gasteiger partial charge in [0.05, 0.1) is 29.0 Å². The number of hydrogen-bond acceptors (Lipinski definition) is 5. The molecule has 1 aromatic carbocycles. The molecule has 1 amide bonds. The predicted octanol–water partition coefficient (Wildman–Crippen LogP) is 2.96. The van der Waals surface area contributed by atoms with E-state index >= 15 is 0 Å². The molecular weight excluding hydrogens is 362 g/mol. The van der Waals surface area contributed by atoms with Crippen LogP contribution in [0.4, 0.5) is 11.4 Å². The summed E-state index contributed by atoms with van der Waals surface area (Å²) in [5.41, 5.74) is 4.14. The molecule has 0 radical (unpaired) electrons. The van der Waals surface area contributed by atoms with Gasteiger partial charge in [-0.1, -0.05) is 12.1 Å². The van der Waals surface area contributed by atoms with Gasteiger partial charge in [0.1, 0.15) is 0 Å². The minimum atomic E-state index is -2.98. The largest absolute Gasteiger partial charge is 0.367 e. The van der Waals surface area contributed by atoms with E-state index in [9.17, 15) is 13.2 Å². The van der Waals surface area contributed by atoms with Gasteiger partial charge in [-0.05, 0) is 50.5 Å². The van der Waals surface area contributed by atoms with E-state index in [-0.39, 0.29) is 23.5 Å². The Morgan fingerprint density at radius 1 is 1.30 bits per heavy atom. The summed E-state index contributed by atoms with van der Waals surface area (Å²) in [7, 11) is -2.98. The SMILES string of the molecule is CCN(c1cncc(C(=O)Nc2cccc(C)c2C)c1)C1CCS(=O)(=O)C1. The van der Waals surface area contributed by atoms with E-state index in [2.05, 4.69) is 10.3 Å². The first-order valence-electron chi connectivity index (χ1n) is 9.10. The number of anilines is 2. The van der Waals surface area contributed by atoms with Crippen LogP contribution in [-0.2, 0) is 9.84 Å². The van der Waals surface area contributed by atoms with Gasteiger partial charge in [0.2, 0.25) is 0 Å². The molecule has 1 N–H and O–H groups in total. The fraction of sp³-hybridized carbons (Fsp3) is 0.400. The molecule has 1 unspecified atom stereocenters. The smallest absolute Gasteiger partial charge is 0.257 e. The molecule has 2 heterocycles. The summed E-state index contributed by atoms with van der Waals surface area (Å²) in [6.07, 6.45) is 3.82. The first-order chi connectivity index (χ1) is 12.8. The number of nitrogens with zero attached hydrogens (tertiary/aromatic N) is 2. The highest BCUT2D eigenvalue weighted by Crippen LogP contribution is 2.25. The van der Waals surface area contributed by atoms with Crippen LogP contribution in [0.15, 0.2) is 36.7 Å². The number of nitrogens with one attached hydrogen (secondary N) is 1. The van der Waals surface area contributed by atoms with Crippen molar-refractivity contribution in [2.24, 2.45) is 0 Å². The second kappa shape index (κ2) is 7.68. The fourth-order valence-corrected chi connectivity index (χ4v) is 5.19. The van der Waals surface area contributed by atoms with Gasteiger partial charge in [0.25, 0.3) is 5.91 Å². The summed E-state index contributed by atoms with van der Waals surface area (Å²) in [6, 6.07) is 7.49. The van der Waals surface area contributed by atoms with Gasteiger partial charge in [-0.25, -0.2) is 8.42 Å². The highest BCUT2D eigenvalue weighted by atomic mass is 32.2. The van der Waals surface area contributed by atoms with Crippen LogP contribution in [0.3, 0.4) is 0 Å². The van der Waals surface area contributed by atoms with Crippen LogP contribution < -0.4 is 10.2 Å². The molecule has 6 nitrogen and oxygen atoms in total. The Kier molecular flexibility index (Phi) is 5.51. The second-order valence-corrected chi connectivity index (χ2v) is 9.21. The van der Waals surface area contributed by atoms with E-state index < -0.39 is 9.84 Å². The van der Waals surface area contributed by atoms with Gasteiger partial charge in [0.15, 0.2) is 9.84 Å². The zero-order valence-electron chi connectivity index (χ0n) is 15.9. The van der Waals surface area contributed by atoms with Crippen molar-refractivity contribution in [2.75, 3.05) is 28.3 Å². The first kappa shape index (κ1) is 19.4. The lowest BCUT2D eigenvalue weighted by atomic mass is 10.1. The number of amides is 1. The average Bonchev–Trinajstić information content (AvgIpc) is 2.99. The van der Waals surface area contributed by atoms with Gasteiger partial charge < -0.3 is 10.2 Å². The highest BCUT2D eigenvalue weighted by Gasteiger charge is 2.32. The number of pyridine rings is 1. The molecule has 0 aliphatic carbocycles. The summed E-state index contributed by atoms with van der Waals surface area (Å²) in [5, 5.41) is 2.94. The van der Waals surface area contributed by atoms with Crippen molar-refractivity contribution in [2.45, 2.75) is 33.2 Å². The molecule has 1 aliphatic heterocycles. The standard InChI is InChI=1S/C20H25N3O3S/c1-4-23(17-8-9-27(25,26)13-17)18-10-16(11-21-12-18)20(24)22-19-7-5-6-14(2)15(19)3/h5-7,10-12,17H,4,8-9,13H2,1-3H3,(H,22,24). The summed E-state index contributed by atoms with van der Waals surface area (Å²) >= 11 is 0. The average molecular weight is 388 g/mol. The molecule has 144 valence electrons. The zero-order valence-corrected chi connectivity index (χ0v) is 16.7. The molecule has 0 bridgehead atoms. The van der Waals surface area contributed by atoms with Gasteiger partial charge in [-0.3, -0.25) is 9.78 Å². The van der Waals surface area contributed by atoms with Gasteiger partial charge >= 0.3 is 0 Å². The molecule has 0 spiro atoms. The van der Waals surface area contributed by atoms with Gasteiger partial charge in [-0.15, -0.1) is 0 Å². The normalized spacial score (nSPS) is 18.3. The van der Waals surface area contributed by atoms with E-state index in [1.165, 1.54) is 6.20 Å². The van der Waals surface area contributed by atoms with Crippen LogP contribution in [0.2, 0.25) is 0 Å². The molecule has 7 heteroatoms. The minimum absolute atomic E-state index is 0.0703. The lowest BCUT2D eigenvalue weighted by Gasteiger charge is -2.29. The number of aromatic nitrogens is 1. The lowest BCUT2D eigenvalue weighted by Crippen LogP contribution is -2.36. The molecule has 1 atom stereocenters. The van der Waals surface area contributed by atoms with Crippen LogP contribution >= 0.6 is 0 Å². The number of sulfone groups is 1. The molecule has 1 saturated heterocycles. The monoisotopic (exact) mass is 387 g/mol. The van der Waals surface area contributed by atoms with Gasteiger partial charge in [0, 0.05) is 24.5 Å². The third-order valence-electron chi connectivity index (χ3n) is 5.16. The Labute approximate surface area is 160 Å². The van der Waals surface area contributed by atoms with Crippen molar-refractivity contribution in [3.63, 3.8) is 0 Å². The Morgan fingerprint density at radius 3 is 2.74 bits per heavy atom. The van der Waals surface area contributed by atoms with E-state index in [1.54, 1.807) is 12.3 Å².